The van der Waals surface area contributed by atoms with E-state index in [0.29, 0.717) is 18.4 Å². The molecule has 5 heteroatoms. The second-order valence-corrected chi connectivity index (χ2v) is 11.1. The number of aromatic hydroxyl groups is 1. The van der Waals surface area contributed by atoms with Gasteiger partial charge in [0.05, 0.1) is 0 Å². The number of fused-ring (bicyclic) bond motifs is 3. The van der Waals surface area contributed by atoms with Gasteiger partial charge in [-0.2, -0.15) is 0 Å². The van der Waals surface area contributed by atoms with Gasteiger partial charge in [0, 0.05) is 23.0 Å². The lowest BCUT2D eigenvalue weighted by Gasteiger charge is -2.47. The zero-order valence-electron chi connectivity index (χ0n) is 18.6. The molecule has 1 aliphatic heterocycles. The number of phenols is 1. The molecule has 0 unspecified atom stereocenters. The van der Waals surface area contributed by atoms with Gasteiger partial charge in [-0.1, -0.05) is 61.8 Å². The number of phenolic OH excluding ortho intramolecular Hbond substituents is 1. The van der Waals surface area contributed by atoms with E-state index in [2.05, 4.69) is 56.4 Å². The third-order valence-corrected chi connectivity index (χ3v) is 7.81. The third kappa shape index (κ3) is 4.81. The Hall–Kier alpha value is -1.24. The Morgan fingerprint density at radius 3 is 2.60 bits per heavy atom. The molecule has 0 saturated heterocycles. The van der Waals surface area contributed by atoms with Gasteiger partial charge in [0.25, 0.3) is 0 Å². The molecule has 1 aliphatic carbocycles. The average Bonchev–Trinajstić information content (AvgIpc) is 2.66. The van der Waals surface area contributed by atoms with Crippen LogP contribution in [0.5, 0.6) is 11.5 Å². The van der Waals surface area contributed by atoms with Gasteiger partial charge in [0.2, 0.25) is 0 Å². The fraction of sp³-hybridized carbons (Fsp3) is 0.640. The molecule has 0 amide bonds. The van der Waals surface area contributed by atoms with Crippen LogP contribution in [-0.4, -0.2) is 26.2 Å². The molecule has 4 nitrogen and oxygen atoms in total. The monoisotopic (exact) mass is 526 g/mol. The van der Waals surface area contributed by atoms with Gasteiger partial charge in [-0.15, -0.1) is 0 Å². The predicted molar refractivity (Wildman–Crippen MR) is 129 cm³/mol. The van der Waals surface area contributed by atoms with E-state index in [4.69, 9.17) is 4.74 Å². The molecule has 1 aromatic carbocycles. The molecule has 1 aromatic rings. The fourth-order valence-electron chi connectivity index (χ4n) is 5.12. The summed E-state index contributed by atoms with van der Waals surface area (Å²) < 4.78 is 7.64. The highest BCUT2D eigenvalue weighted by molar-refractivity contribution is 14.1. The summed E-state index contributed by atoms with van der Waals surface area (Å²) in [5.74, 6) is 0.221. The van der Waals surface area contributed by atoms with E-state index in [1.165, 1.54) is 30.1 Å². The Morgan fingerprint density at radius 1 is 1.23 bits per heavy atom. The van der Waals surface area contributed by atoms with Crippen molar-refractivity contribution in [2.75, 3.05) is 4.43 Å². The summed E-state index contributed by atoms with van der Waals surface area (Å²) in [5, 5.41) is 20.5. The number of alkyl halides is 1. The second kappa shape index (κ2) is 9.09. The van der Waals surface area contributed by atoms with Crippen LogP contribution in [0, 0.1) is 5.92 Å². The Bertz CT molecular complexity index is 825. The molecule has 0 aromatic heterocycles. The maximum absolute atomic E-state index is 11.6. The van der Waals surface area contributed by atoms with Crippen LogP contribution in [0.25, 0.3) is 0 Å². The number of benzene rings is 1. The number of halogens is 1. The number of aliphatic carboxylic acids is 1. The fourth-order valence-corrected chi connectivity index (χ4v) is 5.66. The van der Waals surface area contributed by atoms with Crippen LogP contribution in [0.15, 0.2) is 23.8 Å². The van der Waals surface area contributed by atoms with Gasteiger partial charge < -0.3 is 14.9 Å². The number of hydrogen-bond acceptors (Lipinski definition) is 3. The lowest BCUT2D eigenvalue weighted by molar-refractivity contribution is -0.133. The maximum Gasteiger partial charge on any atom is 0.331 e. The molecule has 0 radical (unpaired) electrons. The summed E-state index contributed by atoms with van der Waals surface area (Å²) in [5.41, 5.74) is 1.85. The van der Waals surface area contributed by atoms with Crippen LogP contribution >= 0.6 is 22.6 Å². The Labute approximate surface area is 194 Å². The van der Waals surface area contributed by atoms with Crippen molar-refractivity contribution in [3.63, 3.8) is 0 Å². The average molecular weight is 526 g/mol. The van der Waals surface area contributed by atoms with Crippen molar-refractivity contribution in [3.8, 4) is 11.5 Å². The van der Waals surface area contributed by atoms with Crippen molar-refractivity contribution < 1.29 is 19.7 Å². The summed E-state index contributed by atoms with van der Waals surface area (Å²) in [6, 6.07) is 3.98. The lowest BCUT2D eigenvalue weighted by atomic mass is 9.66. The van der Waals surface area contributed by atoms with E-state index in [9.17, 15) is 15.0 Å². The summed E-state index contributed by atoms with van der Waals surface area (Å²) in [6.45, 7) is 8.62. The first kappa shape index (κ1) is 23.4. The minimum Gasteiger partial charge on any atom is -0.508 e. The summed E-state index contributed by atoms with van der Waals surface area (Å²) in [4.78, 5) is 11.6. The number of carbonyl (C=O) groups is 1. The number of ether oxygens (including phenoxy) is 1. The highest BCUT2D eigenvalue weighted by atomic mass is 127. The van der Waals surface area contributed by atoms with E-state index >= 15 is 0 Å². The van der Waals surface area contributed by atoms with E-state index in [1.807, 2.05) is 12.1 Å². The Kier molecular flexibility index (Phi) is 7.10. The molecule has 166 valence electrons. The molecule has 1 heterocycles. The summed E-state index contributed by atoms with van der Waals surface area (Å²) in [6.07, 6.45) is 8.94. The molecule has 0 bridgehead atoms. The van der Waals surface area contributed by atoms with Gasteiger partial charge in [0.1, 0.15) is 17.1 Å². The highest BCUT2D eigenvalue weighted by Crippen LogP contribution is 2.55. The molecule has 2 aliphatic rings. The quantitative estimate of drug-likeness (QED) is 0.224. The first-order valence-corrected chi connectivity index (χ1v) is 12.6. The largest absolute Gasteiger partial charge is 0.508 e. The molecule has 2 atom stereocenters. The maximum atomic E-state index is 11.6. The molecule has 2 N–H and O–H groups in total. The van der Waals surface area contributed by atoms with Crippen LogP contribution in [0.2, 0.25) is 0 Å². The van der Waals surface area contributed by atoms with E-state index in [0.717, 1.165) is 23.3 Å². The summed E-state index contributed by atoms with van der Waals surface area (Å²) in [7, 11) is 0. The predicted octanol–water partition coefficient (Wildman–Crippen LogP) is 6.73. The van der Waals surface area contributed by atoms with Gasteiger partial charge in [-0.05, 0) is 67.1 Å². The summed E-state index contributed by atoms with van der Waals surface area (Å²) >= 11 is 2.43. The number of hydrogen-bond donors (Lipinski definition) is 2. The minimum absolute atomic E-state index is 0.0368. The third-order valence-electron chi connectivity index (χ3n) is 7.04. The van der Waals surface area contributed by atoms with Crippen molar-refractivity contribution in [2.24, 2.45) is 5.92 Å². The molecular weight excluding hydrogens is 491 g/mol. The number of allylic oxidation sites excluding steroid dienone is 1. The smallest absolute Gasteiger partial charge is 0.331 e. The number of unbranched alkanes of at least 4 members (excludes halogenated alkanes) is 3. The van der Waals surface area contributed by atoms with Crippen LogP contribution in [0.4, 0.5) is 0 Å². The number of carboxylic acids is 1. The van der Waals surface area contributed by atoms with E-state index in [1.54, 1.807) is 0 Å². The van der Waals surface area contributed by atoms with E-state index in [-0.39, 0.29) is 23.0 Å². The molecule has 0 saturated carbocycles. The van der Waals surface area contributed by atoms with Gasteiger partial charge in [-0.25, -0.2) is 4.79 Å². The van der Waals surface area contributed by atoms with Crippen molar-refractivity contribution >= 4 is 28.6 Å². The lowest BCUT2D eigenvalue weighted by Crippen LogP contribution is -2.46. The van der Waals surface area contributed by atoms with E-state index < -0.39 is 11.6 Å². The Balaban J connectivity index is 1.89. The SMILES string of the molecule is CC(C)(CCCCCCI)c1cc(O)c2c(c1)OC(C)(C)[C@@H]1CC=C(C(=O)O)C[C@H]21. The highest BCUT2D eigenvalue weighted by Gasteiger charge is 2.47. The topological polar surface area (TPSA) is 66.8 Å². The molecule has 0 fully saturated rings. The Morgan fingerprint density at radius 2 is 1.93 bits per heavy atom. The van der Waals surface area contributed by atoms with Crippen LogP contribution in [0.1, 0.15) is 89.7 Å². The molecule has 0 spiro atoms. The molecular formula is C25H35IO4. The van der Waals surface area contributed by atoms with Gasteiger partial charge in [0.15, 0.2) is 0 Å². The standard InChI is InChI=1S/C25H35IO4/c1-24(2,11-7-5-6-8-12-26)17-14-20(27)22-18-13-16(23(28)29)9-10-19(18)25(3,4)30-21(22)15-17/h9,14-15,18-19,27H,5-8,10-13H2,1-4H3,(H,28,29)/t18-,19+/m0/s1. The van der Waals surface area contributed by atoms with Gasteiger partial charge >= 0.3 is 5.97 Å². The molecule has 30 heavy (non-hydrogen) atoms. The van der Waals surface area contributed by atoms with Crippen molar-refractivity contribution in [2.45, 2.75) is 89.6 Å². The zero-order chi connectivity index (χ0) is 22.1. The first-order valence-electron chi connectivity index (χ1n) is 11.1. The first-order chi connectivity index (χ1) is 14.1. The number of carboxylic acid groups (broad SMARTS) is 1. The van der Waals surface area contributed by atoms with Crippen LogP contribution in [0.3, 0.4) is 0 Å². The normalized spacial score (nSPS) is 22.5. The van der Waals surface area contributed by atoms with Crippen LogP contribution in [-0.2, 0) is 10.2 Å². The second-order valence-electron chi connectivity index (χ2n) is 10.0. The van der Waals surface area contributed by atoms with Crippen molar-refractivity contribution in [1.29, 1.82) is 0 Å². The van der Waals surface area contributed by atoms with Gasteiger partial charge in [-0.3, -0.25) is 0 Å². The zero-order valence-corrected chi connectivity index (χ0v) is 20.8. The number of rotatable bonds is 8. The minimum atomic E-state index is -0.862. The van der Waals surface area contributed by atoms with Crippen LogP contribution < -0.4 is 4.74 Å². The van der Waals surface area contributed by atoms with Crippen molar-refractivity contribution in [3.05, 3.63) is 34.9 Å². The molecule has 3 rings (SSSR count). The van der Waals surface area contributed by atoms with Crippen molar-refractivity contribution in [1.82, 2.24) is 0 Å².